The van der Waals surface area contributed by atoms with Gasteiger partial charge in [0, 0.05) is 12.3 Å². The van der Waals surface area contributed by atoms with E-state index in [0.29, 0.717) is 6.42 Å². The van der Waals surface area contributed by atoms with E-state index in [1.165, 1.54) is 5.57 Å². The molecular formula is C28H39NO5S. The molecule has 7 heteroatoms. The maximum Gasteiger partial charge on any atom is 0.309 e. The highest BCUT2D eigenvalue weighted by molar-refractivity contribution is 7.18. The number of esters is 1. The van der Waals surface area contributed by atoms with Crippen molar-refractivity contribution in [1.82, 2.24) is 4.98 Å². The van der Waals surface area contributed by atoms with Crippen LogP contribution in [0.15, 0.2) is 29.8 Å². The van der Waals surface area contributed by atoms with Crippen LogP contribution in [-0.2, 0) is 14.3 Å². The topological polar surface area (TPSA) is 96.7 Å². The van der Waals surface area contributed by atoms with E-state index in [4.69, 9.17) is 4.74 Å². The van der Waals surface area contributed by atoms with Crippen LogP contribution in [-0.4, -0.2) is 39.2 Å². The number of nitrogens with zero attached hydrogens (tertiary/aromatic N) is 1. The number of thiazole rings is 1. The van der Waals surface area contributed by atoms with Gasteiger partial charge in [0.1, 0.15) is 11.9 Å². The highest BCUT2D eigenvalue weighted by Gasteiger charge is 2.42. The number of carbonyl (C=O) groups is 2. The van der Waals surface area contributed by atoms with Crippen molar-refractivity contribution in [2.24, 2.45) is 17.3 Å². The lowest BCUT2D eigenvalue weighted by molar-refractivity contribution is -0.155. The number of carbonyl (C=O) groups excluding carboxylic acids is 2. The van der Waals surface area contributed by atoms with E-state index in [0.717, 1.165) is 40.1 Å². The molecule has 2 aromatic rings. The van der Waals surface area contributed by atoms with Crippen LogP contribution < -0.4 is 0 Å². The predicted octanol–water partition coefficient (Wildman–Crippen LogP) is 5.69. The van der Waals surface area contributed by atoms with Gasteiger partial charge in [0.2, 0.25) is 0 Å². The normalized spacial score (nSPS) is 31.1. The molecule has 0 fully saturated rings. The van der Waals surface area contributed by atoms with Gasteiger partial charge in [0.25, 0.3) is 0 Å². The van der Waals surface area contributed by atoms with Gasteiger partial charge in [-0.25, -0.2) is 4.98 Å². The van der Waals surface area contributed by atoms with Crippen LogP contribution in [0.2, 0.25) is 0 Å². The zero-order valence-corrected chi connectivity index (χ0v) is 22.5. The molecule has 2 heterocycles. The number of aliphatic hydroxyl groups excluding tert-OH is 2. The summed E-state index contributed by atoms with van der Waals surface area (Å²) in [6.45, 7) is 11.0. The molecule has 1 aromatic carbocycles. The van der Waals surface area contributed by atoms with E-state index in [9.17, 15) is 19.8 Å². The molecular weight excluding hydrogens is 462 g/mol. The van der Waals surface area contributed by atoms with Gasteiger partial charge in [-0.3, -0.25) is 9.59 Å². The standard InChI is InChI=1S/C28H39NO5S/c1-16-8-7-9-17(2)26(32)18(3)27(33)28(5,6)24(30)15-25(31)34-22(12-10-16)20-11-13-23-21(14-20)29-19(4)35-23/h10-11,13-14,17-18,22,24,26,30,32H,7-9,12,15H2,1-6H3/b16-10-/t17-,18+,22-,24+,26-/m0/s1. The highest BCUT2D eigenvalue weighted by atomic mass is 32.1. The van der Waals surface area contributed by atoms with Crippen LogP contribution in [0.4, 0.5) is 0 Å². The van der Waals surface area contributed by atoms with E-state index in [1.807, 2.05) is 32.0 Å². The fourth-order valence-corrected chi connectivity index (χ4v) is 5.62. The number of allylic oxidation sites excluding steroid dienone is 1. The first-order valence-corrected chi connectivity index (χ1v) is 13.3. The number of aryl methyl sites for hydroxylation is 1. The predicted molar refractivity (Wildman–Crippen MR) is 139 cm³/mol. The van der Waals surface area contributed by atoms with Gasteiger partial charge < -0.3 is 14.9 Å². The Hall–Kier alpha value is -2.09. The van der Waals surface area contributed by atoms with Crippen molar-refractivity contribution in [3.63, 3.8) is 0 Å². The van der Waals surface area contributed by atoms with E-state index in [1.54, 1.807) is 32.1 Å². The minimum Gasteiger partial charge on any atom is -0.457 e. The van der Waals surface area contributed by atoms with Crippen LogP contribution in [0.1, 0.15) is 83.4 Å². The van der Waals surface area contributed by atoms with E-state index in [2.05, 4.69) is 18.0 Å². The summed E-state index contributed by atoms with van der Waals surface area (Å²) in [6.07, 6.45) is 2.35. The molecule has 192 valence electrons. The monoisotopic (exact) mass is 501 g/mol. The fraction of sp³-hybridized carbons (Fsp3) is 0.607. The van der Waals surface area contributed by atoms with Crippen molar-refractivity contribution >= 4 is 33.3 Å². The van der Waals surface area contributed by atoms with Crippen LogP contribution in [0.25, 0.3) is 10.2 Å². The minimum absolute atomic E-state index is 0.0476. The number of hydrogen-bond donors (Lipinski definition) is 2. The Morgan fingerprint density at radius 2 is 1.86 bits per heavy atom. The first-order chi connectivity index (χ1) is 16.4. The molecule has 0 aliphatic carbocycles. The quantitative estimate of drug-likeness (QED) is 0.385. The van der Waals surface area contributed by atoms with Gasteiger partial charge in [-0.15, -0.1) is 11.3 Å². The summed E-state index contributed by atoms with van der Waals surface area (Å²) in [4.78, 5) is 30.7. The second-order valence-corrected chi connectivity index (χ2v) is 11.9. The molecule has 3 rings (SSSR count). The average Bonchev–Trinajstić information content (AvgIpc) is 3.18. The maximum absolute atomic E-state index is 13.2. The Labute approximate surface area is 212 Å². The molecule has 0 radical (unpaired) electrons. The van der Waals surface area contributed by atoms with Crippen LogP contribution in [0.3, 0.4) is 0 Å². The zero-order chi connectivity index (χ0) is 25.9. The summed E-state index contributed by atoms with van der Waals surface area (Å²) in [6, 6.07) is 5.93. The SMILES string of the molecule is C/C1=C/C[C@@H](c2ccc3sc(C)nc3c2)OC(=O)C[C@@H](O)C(C)(C)C(=O)[C@H](C)[C@@H](O)[C@@H](C)CCC1. The summed E-state index contributed by atoms with van der Waals surface area (Å²) in [5.74, 6) is -1.50. The average molecular weight is 502 g/mol. The van der Waals surface area contributed by atoms with Gasteiger partial charge in [-0.1, -0.05) is 45.4 Å². The Balaban J connectivity index is 1.91. The number of ether oxygens (including phenoxy) is 1. The van der Waals surface area contributed by atoms with Crippen molar-refractivity contribution < 1.29 is 24.5 Å². The summed E-state index contributed by atoms with van der Waals surface area (Å²) in [5.41, 5.74) is 1.73. The Bertz CT molecular complexity index is 1090. The van der Waals surface area contributed by atoms with Crippen molar-refractivity contribution in [3.8, 4) is 0 Å². The molecule has 2 N–H and O–H groups in total. The molecule has 0 bridgehead atoms. The molecule has 6 nitrogen and oxygen atoms in total. The Morgan fingerprint density at radius 3 is 2.57 bits per heavy atom. The van der Waals surface area contributed by atoms with Crippen LogP contribution in [0, 0.1) is 24.2 Å². The largest absolute Gasteiger partial charge is 0.457 e. The first kappa shape index (κ1) is 27.5. The van der Waals surface area contributed by atoms with Gasteiger partial charge >= 0.3 is 5.97 Å². The number of aliphatic hydroxyl groups is 2. The molecule has 0 amide bonds. The second kappa shape index (κ2) is 11.3. The molecule has 35 heavy (non-hydrogen) atoms. The van der Waals surface area contributed by atoms with Gasteiger partial charge in [0.15, 0.2) is 0 Å². The minimum atomic E-state index is -1.22. The van der Waals surface area contributed by atoms with Crippen molar-refractivity contribution in [2.45, 2.75) is 92.0 Å². The third-order valence-electron chi connectivity index (χ3n) is 7.41. The molecule has 0 spiro atoms. The molecule has 5 atom stereocenters. The number of rotatable bonds is 1. The van der Waals surface area contributed by atoms with Crippen molar-refractivity contribution in [3.05, 3.63) is 40.4 Å². The smallest absolute Gasteiger partial charge is 0.309 e. The third-order valence-corrected chi connectivity index (χ3v) is 8.36. The number of aromatic nitrogens is 1. The highest BCUT2D eigenvalue weighted by Crippen LogP contribution is 2.34. The van der Waals surface area contributed by atoms with Crippen LogP contribution in [0.5, 0.6) is 0 Å². The lowest BCUT2D eigenvalue weighted by atomic mass is 9.73. The number of benzene rings is 1. The summed E-state index contributed by atoms with van der Waals surface area (Å²) in [7, 11) is 0. The zero-order valence-electron chi connectivity index (χ0n) is 21.7. The van der Waals surface area contributed by atoms with E-state index < -0.39 is 35.6 Å². The summed E-state index contributed by atoms with van der Waals surface area (Å²) < 4.78 is 6.96. The van der Waals surface area contributed by atoms with Gasteiger partial charge in [0.05, 0.1) is 39.3 Å². The number of fused-ring (bicyclic) bond motifs is 1. The summed E-state index contributed by atoms with van der Waals surface area (Å²) in [5, 5.41) is 22.6. The van der Waals surface area contributed by atoms with E-state index in [-0.39, 0.29) is 18.1 Å². The van der Waals surface area contributed by atoms with Gasteiger partial charge in [-0.05, 0) is 56.7 Å². The number of ketones is 1. The molecule has 0 unspecified atom stereocenters. The number of cyclic esters (lactones) is 1. The number of hydrogen-bond acceptors (Lipinski definition) is 7. The maximum atomic E-state index is 13.2. The molecule has 0 saturated heterocycles. The molecule has 1 aliphatic heterocycles. The first-order valence-electron chi connectivity index (χ1n) is 12.5. The van der Waals surface area contributed by atoms with Crippen molar-refractivity contribution in [1.29, 1.82) is 0 Å². The molecule has 1 aromatic heterocycles. The Morgan fingerprint density at radius 1 is 1.14 bits per heavy atom. The molecule has 1 aliphatic rings. The van der Waals surface area contributed by atoms with Gasteiger partial charge in [-0.2, -0.15) is 0 Å². The second-order valence-electron chi connectivity index (χ2n) is 10.7. The lowest BCUT2D eigenvalue weighted by Gasteiger charge is -2.34. The Kier molecular flexibility index (Phi) is 8.89. The van der Waals surface area contributed by atoms with Crippen LogP contribution >= 0.6 is 11.3 Å². The lowest BCUT2D eigenvalue weighted by Crippen LogP contribution is -2.45. The van der Waals surface area contributed by atoms with Crippen molar-refractivity contribution in [2.75, 3.05) is 0 Å². The van der Waals surface area contributed by atoms with E-state index >= 15 is 0 Å². The fourth-order valence-electron chi connectivity index (χ4n) is 4.81. The number of Topliss-reactive ketones (excluding diaryl/α,β-unsaturated/α-hetero) is 1. The summed E-state index contributed by atoms with van der Waals surface area (Å²) >= 11 is 1.62. The third kappa shape index (κ3) is 6.57. The molecule has 0 saturated carbocycles.